The van der Waals surface area contributed by atoms with Crippen LogP contribution in [0.3, 0.4) is 0 Å². The van der Waals surface area contributed by atoms with Crippen LogP contribution in [0.2, 0.25) is 0 Å². The van der Waals surface area contributed by atoms with Gasteiger partial charge in [-0.25, -0.2) is 5.48 Å². The quantitative estimate of drug-likeness (QED) is 0.246. The molecule has 0 spiro atoms. The molecule has 2 aromatic carbocycles. The molecule has 1 aromatic heterocycles. The Balaban J connectivity index is 1.34. The van der Waals surface area contributed by atoms with Gasteiger partial charge in [-0.05, 0) is 55.1 Å². The van der Waals surface area contributed by atoms with Crippen LogP contribution in [0.5, 0.6) is 0 Å². The molecular formula is C26H31BrN4O2. The number of hydrogen-bond acceptors (Lipinski definition) is 4. The van der Waals surface area contributed by atoms with E-state index >= 15 is 0 Å². The van der Waals surface area contributed by atoms with Crippen LogP contribution in [0, 0.1) is 0 Å². The predicted molar refractivity (Wildman–Crippen MR) is 133 cm³/mol. The minimum Gasteiger partial charge on any atom is -0.357 e. The lowest BCUT2D eigenvalue weighted by atomic mass is 9.86. The van der Waals surface area contributed by atoms with E-state index in [1.165, 1.54) is 27.7 Å². The van der Waals surface area contributed by atoms with E-state index < -0.39 is 0 Å². The number of H-pyrrole nitrogens is 1. The van der Waals surface area contributed by atoms with Gasteiger partial charge in [-0.2, -0.15) is 0 Å². The number of unbranched alkanes of at least 4 members (excludes halogenated alkanes) is 2. The number of piperazine rings is 1. The largest absolute Gasteiger partial charge is 0.357 e. The summed E-state index contributed by atoms with van der Waals surface area (Å²) in [6.07, 6.45) is 4.37. The number of carbonyl (C=O) groups excluding carboxylic acids is 1. The number of hydrogen-bond donors (Lipinski definition) is 3. The van der Waals surface area contributed by atoms with E-state index in [2.05, 4.69) is 79.2 Å². The zero-order chi connectivity index (χ0) is 22.8. The Morgan fingerprint density at radius 3 is 2.73 bits per heavy atom. The van der Waals surface area contributed by atoms with Crippen molar-refractivity contribution in [2.24, 2.45) is 0 Å². The maximum atomic E-state index is 11.2. The standard InChI is InChI=1S/C26H31BrN4O2/c27-19-11-9-18(10-12-19)26-25-22(21-6-3-4-7-23(21)28-25)16-20-17-30(14-15-31(20)26)13-5-1-2-8-24(32)29-33/h3-4,6-7,9-12,20,26,28,33H,1-2,5,8,13-17H2,(H,29,32)/t20-,26-/m1/s1. The zero-order valence-electron chi connectivity index (χ0n) is 18.8. The van der Waals surface area contributed by atoms with Crippen molar-refractivity contribution in [3.8, 4) is 0 Å². The van der Waals surface area contributed by atoms with Crippen LogP contribution in [0.4, 0.5) is 0 Å². The van der Waals surface area contributed by atoms with E-state index in [-0.39, 0.29) is 11.9 Å². The van der Waals surface area contributed by atoms with Gasteiger partial charge in [0.05, 0.1) is 6.04 Å². The lowest BCUT2D eigenvalue weighted by Gasteiger charge is -2.48. The Morgan fingerprint density at radius 2 is 1.91 bits per heavy atom. The first-order valence-corrected chi connectivity index (χ1v) is 12.7. The molecule has 2 aliphatic heterocycles. The van der Waals surface area contributed by atoms with Crippen LogP contribution in [-0.4, -0.2) is 58.1 Å². The molecule has 1 amide bonds. The monoisotopic (exact) mass is 510 g/mol. The molecule has 1 fully saturated rings. The van der Waals surface area contributed by atoms with Gasteiger partial charge < -0.3 is 9.88 Å². The number of benzene rings is 2. The van der Waals surface area contributed by atoms with Crippen molar-refractivity contribution in [3.05, 3.63) is 69.8 Å². The molecular weight excluding hydrogens is 480 g/mol. The molecule has 3 N–H and O–H groups in total. The second-order valence-corrected chi connectivity index (χ2v) is 10.2. The van der Waals surface area contributed by atoms with Crippen LogP contribution in [-0.2, 0) is 11.2 Å². The van der Waals surface area contributed by atoms with Crippen molar-refractivity contribution in [2.45, 2.75) is 44.2 Å². The summed E-state index contributed by atoms with van der Waals surface area (Å²) in [5.41, 5.74) is 7.11. The molecule has 5 rings (SSSR count). The van der Waals surface area contributed by atoms with E-state index in [9.17, 15) is 4.79 Å². The highest BCUT2D eigenvalue weighted by atomic mass is 79.9. The minimum absolute atomic E-state index is 0.249. The molecule has 7 heteroatoms. The Labute approximate surface area is 203 Å². The third-order valence-corrected chi connectivity index (χ3v) is 7.72. The Kier molecular flexibility index (Phi) is 6.83. The van der Waals surface area contributed by atoms with Gasteiger partial charge in [0.25, 0.3) is 0 Å². The van der Waals surface area contributed by atoms with Gasteiger partial charge >= 0.3 is 0 Å². The topological polar surface area (TPSA) is 71.6 Å². The number of para-hydroxylation sites is 1. The van der Waals surface area contributed by atoms with E-state index in [1.54, 1.807) is 5.48 Å². The number of nitrogens with one attached hydrogen (secondary N) is 2. The fraction of sp³-hybridized carbons (Fsp3) is 0.423. The van der Waals surface area contributed by atoms with Crippen LogP contribution in [0.1, 0.15) is 48.5 Å². The van der Waals surface area contributed by atoms with E-state index in [4.69, 9.17) is 5.21 Å². The Morgan fingerprint density at radius 1 is 1.09 bits per heavy atom. The lowest BCUT2D eigenvalue weighted by Crippen LogP contribution is -2.57. The van der Waals surface area contributed by atoms with Crippen molar-refractivity contribution in [2.75, 3.05) is 26.2 Å². The normalized spacial score (nSPS) is 21.0. The molecule has 174 valence electrons. The van der Waals surface area contributed by atoms with Crippen molar-refractivity contribution in [1.29, 1.82) is 0 Å². The zero-order valence-corrected chi connectivity index (χ0v) is 20.4. The number of rotatable bonds is 7. The first-order valence-electron chi connectivity index (χ1n) is 11.9. The maximum Gasteiger partial charge on any atom is 0.243 e. The van der Waals surface area contributed by atoms with Crippen LogP contribution >= 0.6 is 15.9 Å². The Bertz CT molecular complexity index is 1110. The SMILES string of the molecule is O=C(CCCCCN1CCN2[C@H](Cc3c([nH]c4ccccc34)[C@H]2c2ccc(Br)cc2)C1)NO. The molecule has 3 aromatic rings. The third kappa shape index (κ3) is 4.73. The average Bonchev–Trinajstić information content (AvgIpc) is 3.21. The molecule has 2 atom stereocenters. The van der Waals surface area contributed by atoms with Gasteiger partial charge in [0.1, 0.15) is 0 Å². The van der Waals surface area contributed by atoms with Crippen molar-refractivity contribution < 1.29 is 10.0 Å². The van der Waals surface area contributed by atoms with Gasteiger partial charge in [-0.3, -0.25) is 14.9 Å². The summed E-state index contributed by atoms with van der Waals surface area (Å²) in [6, 6.07) is 18.2. The van der Waals surface area contributed by atoms with E-state index in [1.807, 2.05) is 0 Å². The smallest absolute Gasteiger partial charge is 0.243 e. The van der Waals surface area contributed by atoms with E-state index in [0.717, 1.165) is 56.3 Å². The summed E-state index contributed by atoms with van der Waals surface area (Å²) in [5, 5.41) is 9.98. The number of aromatic amines is 1. The highest BCUT2D eigenvalue weighted by Crippen LogP contribution is 2.42. The van der Waals surface area contributed by atoms with E-state index in [0.29, 0.717) is 12.5 Å². The number of aromatic nitrogens is 1. The first-order chi connectivity index (χ1) is 16.1. The van der Waals surface area contributed by atoms with Gasteiger partial charge in [0.2, 0.25) is 5.91 Å². The summed E-state index contributed by atoms with van der Waals surface area (Å²) >= 11 is 3.59. The molecule has 33 heavy (non-hydrogen) atoms. The maximum absolute atomic E-state index is 11.2. The second-order valence-electron chi connectivity index (χ2n) is 9.26. The highest BCUT2D eigenvalue weighted by Gasteiger charge is 2.40. The molecule has 1 saturated heterocycles. The molecule has 3 heterocycles. The molecule has 0 unspecified atom stereocenters. The Hall–Kier alpha value is -2.19. The predicted octanol–water partition coefficient (Wildman–Crippen LogP) is 4.63. The summed E-state index contributed by atoms with van der Waals surface area (Å²) < 4.78 is 1.11. The molecule has 0 radical (unpaired) electrons. The molecule has 6 nitrogen and oxygen atoms in total. The number of halogens is 1. The average molecular weight is 511 g/mol. The third-order valence-electron chi connectivity index (χ3n) is 7.19. The molecule has 2 aliphatic rings. The van der Waals surface area contributed by atoms with Crippen molar-refractivity contribution >= 4 is 32.7 Å². The first kappa shape index (κ1) is 22.6. The molecule has 0 aliphatic carbocycles. The summed E-state index contributed by atoms with van der Waals surface area (Å²) in [7, 11) is 0. The summed E-state index contributed by atoms with van der Waals surface area (Å²) in [5.74, 6) is -0.292. The van der Waals surface area contributed by atoms with Gasteiger partial charge in [-0.1, -0.05) is 52.7 Å². The van der Waals surface area contributed by atoms with Crippen molar-refractivity contribution in [1.82, 2.24) is 20.3 Å². The van der Waals surface area contributed by atoms with Crippen molar-refractivity contribution in [3.63, 3.8) is 0 Å². The minimum atomic E-state index is -0.292. The second kappa shape index (κ2) is 9.97. The summed E-state index contributed by atoms with van der Waals surface area (Å²) in [6.45, 7) is 4.25. The van der Waals surface area contributed by atoms with Crippen LogP contribution in [0.15, 0.2) is 53.0 Å². The van der Waals surface area contributed by atoms with Crippen LogP contribution < -0.4 is 5.48 Å². The van der Waals surface area contributed by atoms with Gasteiger partial charge in [-0.15, -0.1) is 0 Å². The van der Waals surface area contributed by atoms with Gasteiger partial charge in [0, 0.05) is 53.2 Å². The fourth-order valence-electron chi connectivity index (χ4n) is 5.59. The fourth-order valence-corrected chi connectivity index (χ4v) is 5.86. The number of carbonyl (C=O) groups is 1. The van der Waals surface area contributed by atoms with Crippen LogP contribution in [0.25, 0.3) is 10.9 Å². The number of fused-ring (bicyclic) bond motifs is 4. The molecule has 0 bridgehead atoms. The number of hydroxylamine groups is 1. The molecule has 0 saturated carbocycles. The van der Waals surface area contributed by atoms with Gasteiger partial charge in [0.15, 0.2) is 0 Å². The highest BCUT2D eigenvalue weighted by molar-refractivity contribution is 9.10. The summed E-state index contributed by atoms with van der Waals surface area (Å²) in [4.78, 5) is 20.2. The number of nitrogens with zero attached hydrogens (tertiary/aromatic N) is 2. The number of amides is 1. The lowest BCUT2D eigenvalue weighted by molar-refractivity contribution is -0.129.